The molecule has 0 fully saturated rings. The predicted molar refractivity (Wildman–Crippen MR) is 79.7 cm³/mol. The fraction of sp³-hybridized carbons (Fsp3) is 0.133. The summed E-state index contributed by atoms with van der Waals surface area (Å²) in [5.74, 6) is 0. The minimum absolute atomic E-state index is 0.557. The van der Waals surface area contributed by atoms with Crippen molar-refractivity contribution in [3.63, 3.8) is 0 Å². The van der Waals surface area contributed by atoms with Gasteiger partial charge in [0.1, 0.15) is 6.07 Å². The molecule has 4 heteroatoms. The summed E-state index contributed by atoms with van der Waals surface area (Å²) >= 11 is 12.0. The molecule has 0 saturated heterocycles. The minimum atomic E-state index is 0.557. The molecule has 2 aromatic carbocycles. The number of hydrogen-bond acceptors (Lipinski definition) is 2. The standard InChI is InChI=1S/C15H12Cl2N2/c1-19(10-11-4-2-3-5-14(11)17)15-7-6-13(16)8-12(15)9-18/h2-8H,10H2,1H3. The molecule has 0 unspecified atom stereocenters. The van der Waals surface area contributed by atoms with Crippen LogP contribution in [0.15, 0.2) is 42.5 Å². The summed E-state index contributed by atoms with van der Waals surface area (Å²) in [4.78, 5) is 1.98. The zero-order chi connectivity index (χ0) is 13.8. The molecule has 0 bridgehead atoms. The lowest BCUT2D eigenvalue weighted by Crippen LogP contribution is -2.17. The van der Waals surface area contributed by atoms with E-state index in [1.807, 2.05) is 42.3 Å². The second-order valence-electron chi connectivity index (χ2n) is 4.22. The van der Waals surface area contributed by atoms with Gasteiger partial charge in [0.15, 0.2) is 0 Å². The van der Waals surface area contributed by atoms with Crippen LogP contribution in [0.1, 0.15) is 11.1 Å². The summed E-state index contributed by atoms with van der Waals surface area (Å²) in [6, 6.07) is 15.1. The van der Waals surface area contributed by atoms with Gasteiger partial charge in [0.2, 0.25) is 0 Å². The van der Waals surface area contributed by atoms with Crippen molar-refractivity contribution in [2.45, 2.75) is 6.54 Å². The molecule has 0 aliphatic carbocycles. The Morgan fingerprint density at radius 2 is 1.89 bits per heavy atom. The Morgan fingerprint density at radius 1 is 1.16 bits per heavy atom. The quantitative estimate of drug-likeness (QED) is 0.832. The molecule has 0 aliphatic heterocycles. The normalized spacial score (nSPS) is 10.0. The summed E-state index contributed by atoms with van der Waals surface area (Å²) in [5, 5.41) is 10.4. The molecule has 2 nitrogen and oxygen atoms in total. The molecule has 0 spiro atoms. The van der Waals surface area contributed by atoms with E-state index in [0.717, 1.165) is 16.3 Å². The van der Waals surface area contributed by atoms with Crippen LogP contribution in [-0.4, -0.2) is 7.05 Å². The second kappa shape index (κ2) is 5.97. The van der Waals surface area contributed by atoms with Gasteiger partial charge in [0, 0.05) is 23.6 Å². The van der Waals surface area contributed by atoms with Gasteiger partial charge in [-0.25, -0.2) is 0 Å². The molecule has 2 rings (SSSR count). The SMILES string of the molecule is CN(Cc1ccccc1Cl)c1ccc(Cl)cc1C#N. The van der Waals surface area contributed by atoms with Gasteiger partial charge in [-0.15, -0.1) is 0 Å². The lowest BCUT2D eigenvalue weighted by molar-refractivity contribution is 0.921. The maximum Gasteiger partial charge on any atom is 0.101 e. The van der Waals surface area contributed by atoms with Crippen LogP contribution >= 0.6 is 23.2 Å². The molecule has 0 heterocycles. The van der Waals surface area contributed by atoms with Gasteiger partial charge < -0.3 is 4.90 Å². The van der Waals surface area contributed by atoms with Crippen LogP contribution in [0.3, 0.4) is 0 Å². The van der Waals surface area contributed by atoms with Crippen molar-refractivity contribution in [2.24, 2.45) is 0 Å². The monoisotopic (exact) mass is 290 g/mol. The molecule has 0 aromatic heterocycles. The fourth-order valence-corrected chi connectivity index (χ4v) is 2.27. The number of nitriles is 1. The highest BCUT2D eigenvalue weighted by Gasteiger charge is 2.10. The van der Waals surface area contributed by atoms with Crippen LogP contribution in [0.4, 0.5) is 5.69 Å². The van der Waals surface area contributed by atoms with Crippen LogP contribution in [-0.2, 0) is 6.54 Å². The molecule has 0 amide bonds. The van der Waals surface area contributed by atoms with E-state index in [9.17, 15) is 0 Å². The van der Waals surface area contributed by atoms with Crippen molar-refractivity contribution in [3.05, 3.63) is 63.6 Å². The topological polar surface area (TPSA) is 27.0 Å². The number of rotatable bonds is 3. The smallest absolute Gasteiger partial charge is 0.101 e. The molecule has 19 heavy (non-hydrogen) atoms. The molecular weight excluding hydrogens is 279 g/mol. The molecule has 0 N–H and O–H groups in total. The van der Waals surface area contributed by atoms with E-state index >= 15 is 0 Å². The third kappa shape index (κ3) is 3.20. The van der Waals surface area contributed by atoms with Crippen molar-refractivity contribution < 1.29 is 0 Å². The van der Waals surface area contributed by atoms with E-state index in [0.29, 0.717) is 17.1 Å². The zero-order valence-corrected chi connectivity index (χ0v) is 11.9. The van der Waals surface area contributed by atoms with E-state index in [4.69, 9.17) is 28.5 Å². The summed E-state index contributed by atoms with van der Waals surface area (Å²) in [6.45, 7) is 0.635. The molecule has 2 aromatic rings. The summed E-state index contributed by atoms with van der Waals surface area (Å²) in [6.07, 6.45) is 0. The summed E-state index contributed by atoms with van der Waals surface area (Å²) in [7, 11) is 1.92. The Hall–Kier alpha value is -1.69. The average molecular weight is 291 g/mol. The Labute approximate surface area is 122 Å². The van der Waals surface area contributed by atoms with Crippen LogP contribution in [0.2, 0.25) is 10.0 Å². The van der Waals surface area contributed by atoms with Gasteiger partial charge in [0.25, 0.3) is 0 Å². The molecule has 0 atom stereocenters. The van der Waals surface area contributed by atoms with Gasteiger partial charge in [-0.2, -0.15) is 5.26 Å². The maximum absolute atomic E-state index is 9.15. The van der Waals surface area contributed by atoms with Crippen molar-refractivity contribution in [2.75, 3.05) is 11.9 Å². The van der Waals surface area contributed by atoms with Gasteiger partial charge in [-0.1, -0.05) is 41.4 Å². The first kappa shape index (κ1) is 13.7. The first-order chi connectivity index (χ1) is 9.11. The number of hydrogen-bond donors (Lipinski definition) is 0. The number of benzene rings is 2. The van der Waals surface area contributed by atoms with Gasteiger partial charge >= 0.3 is 0 Å². The van der Waals surface area contributed by atoms with Gasteiger partial charge in [-0.05, 0) is 29.8 Å². The molecule has 0 saturated carbocycles. The highest BCUT2D eigenvalue weighted by atomic mass is 35.5. The Kier molecular flexibility index (Phi) is 4.31. The average Bonchev–Trinajstić information content (AvgIpc) is 2.41. The predicted octanol–water partition coefficient (Wildman–Crippen LogP) is 4.50. The first-order valence-electron chi connectivity index (χ1n) is 5.76. The number of halogens is 2. The van der Waals surface area contributed by atoms with Crippen molar-refractivity contribution in [1.29, 1.82) is 5.26 Å². The summed E-state index contributed by atoms with van der Waals surface area (Å²) in [5.41, 5.74) is 2.42. The Bertz CT molecular complexity index is 632. The molecule has 0 radical (unpaired) electrons. The molecular formula is C15H12Cl2N2. The van der Waals surface area contributed by atoms with E-state index in [1.165, 1.54) is 0 Å². The van der Waals surface area contributed by atoms with Gasteiger partial charge in [0.05, 0.1) is 11.3 Å². The van der Waals surface area contributed by atoms with Crippen molar-refractivity contribution in [3.8, 4) is 6.07 Å². The summed E-state index contributed by atoms with van der Waals surface area (Å²) < 4.78 is 0. The fourth-order valence-electron chi connectivity index (χ4n) is 1.90. The lowest BCUT2D eigenvalue weighted by atomic mass is 10.1. The highest BCUT2D eigenvalue weighted by Crippen LogP contribution is 2.25. The van der Waals surface area contributed by atoms with Crippen molar-refractivity contribution in [1.82, 2.24) is 0 Å². The molecule has 0 aliphatic rings. The minimum Gasteiger partial charge on any atom is -0.369 e. The van der Waals surface area contributed by atoms with Crippen LogP contribution in [0, 0.1) is 11.3 Å². The van der Waals surface area contributed by atoms with E-state index in [1.54, 1.807) is 12.1 Å². The van der Waals surface area contributed by atoms with Crippen LogP contribution in [0.25, 0.3) is 0 Å². The maximum atomic E-state index is 9.15. The van der Waals surface area contributed by atoms with Crippen LogP contribution < -0.4 is 4.90 Å². The molecule has 96 valence electrons. The Balaban J connectivity index is 2.28. The number of anilines is 1. The van der Waals surface area contributed by atoms with E-state index in [-0.39, 0.29) is 0 Å². The van der Waals surface area contributed by atoms with E-state index < -0.39 is 0 Å². The first-order valence-corrected chi connectivity index (χ1v) is 6.51. The number of nitrogens with zero attached hydrogens (tertiary/aromatic N) is 2. The zero-order valence-electron chi connectivity index (χ0n) is 10.4. The third-order valence-corrected chi connectivity index (χ3v) is 3.46. The van der Waals surface area contributed by atoms with E-state index in [2.05, 4.69) is 6.07 Å². The van der Waals surface area contributed by atoms with Gasteiger partial charge in [-0.3, -0.25) is 0 Å². The largest absolute Gasteiger partial charge is 0.369 e. The lowest BCUT2D eigenvalue weighted by Gasteiger charge is -2.21. The third-order valence-electron chi connectivity index (χ3n) is 2.86. The van der Waals surface area contributed by atoms with Crippen molar-refractivity contribution >= 4 is 28.9 Å². The van der Waals surface area contributed by atoms with Crippen LogP contribution in [0.5, 0.6) is 0 Å². The Morgan fingerprint density at radius 3 is 2.58 bits per heavy atom. The second-order valence-corrected chi connectivity index (χ2v) is 5.06. The highest BCUT2D eigenvalue weighted by molar-refractivity contribution is 6.31.